The first-order chi connectivity index (χ1) is 25.1. The lowest BCUT2D eigenvalue weighted by Crippen LogP contribution is -2.48. The van der Waals surface area contributed by atoms with Crippen LogP contribution >= 0.6 is 0 Å². The summed E-state index contributed by atoms with van der Waals surface area (Å²) in [5.41, 5.74) is 3.50. The number of oxazole rings is 2. The molecule has 0 saturated carbocycles. The lowest BCUT2D eigenvalue weighted by molar-refractivity contribution is -0.134. The Morgan fingerprint density at radius 1 is 0.865 bits per heavy atom. The fourth-order valence-electron chi connectivity index (χ4n) is 7.10. The van der Waals surface area contributed by atoms with Crippen LogP contribution in [0.25, 0.3) is 45.4 Å². The van der Waals surface area contributed by atoms with Crippen molar-refractivity contribution in [2.45, 2.75) is 77.0 Å². The van der Waals surface area contributed by atoms with Crippen LogP contribution in [-0.4, -0.2) is 104 Å². The van der Waals surface area contributed by atoms with Crippen molar-refractivity contribution in [3.8, 4) is 23.2 Å². The van der Waals surface area contributed by atoms with Gasteiger partial charge in [-0.25, -0.2) is 29.5 Å². The van der Waals surface area contributed by atoms with Gasteiger partial charge >= 0.3 is 12.2 Å². The first-order valence-electron chi connectivity index (χ1n) is 17.7. The molecule has 5 aromatic rings. The van der Waals surface area contributed by atoms with E-state index < -0.39 is 18.2 Å². The second kappa shape index (κ2) is 14.7. The Hall–Kier alpha value is -5.45. The van der Waals surface area contributed by atoms with Crippen LogP contribution in [0.2, 0.25) is 0 Å². The van der Waals surface area contributed by atoms with Crippen LogP contribution in [0, 0.1) is 5.92 Å². The van der Waals surface area contributed by atoms with Crippen LogP contribution in [0.1, 0.15) is 76.6 Å². The summed E-state index contributed by atoms with van der Waals surface area (Å²) in [4.78, 5) is 66.5. The average molecular weight is 717 g/mol. The number of rotatable bonds is 11. The molecule has 52 heavy (non-hydrogen) atoms. The van der Waals surface area contributed by atoms with Gasteiger partial charge in [-0.15, -0.1) is 0 Å². The topological polar surface area (TPSA) is 210 Å². The second-order valence-electron chi connectivity index (χ2n) is 13.6. The van der Waals surface area contributed by atoms with Crippen LogP contribution < -0.4 is 10.6 Å². The summed E-state index contributed by atoms with van der Waals surface area (Å²) in [7, 11) is 2.64. The van der Waals surface area contributed by atoms with E-state index in [1.165, 1.54) is 14.2 Å². The molecule has 7 rings (SSSR count). The molecule has 4 atom stereocenters. The van der Waals surface area contributed by atoms with Crippen molar-refractivity contribution < 1.29 is 32.7 Å². The van der Waals surface area contributed by atoms with E-state index in [2.05, 4.69) is 44.3 Å². The third kappa shape index (κ3) is 6.91. The van der Waals surface area contributed by atoms with Gasteiger partial charge in [0, 0.05) is 25.2 Å². The highest BCUT2D eigenvalue weighted by Crippen LogP contribution is 2.35. The maximum Gasteiger partial charge on any atom is 0.407 e. The molecule has 2 aliphatic heterocycles. The van der Waals surface area contributed by atoms with Crippen LogP contribution in [0.15, 0.2) is 33.4 Å². The summed E-state index contributed by atoms with van der Waals surface area (Å²) < 4.78 is 21.8. The number of ether oxygens (including phenoxy) is 2. The maximum atomic E-state index is 13.3. The number of carbonyl (C=O) groups is 3. The minimum absolute atomic E-state index is 0.0626. The molecule has 0 aliphatic carbocycles. The lowest BCUT2D eigenvalue weighted by atomic mass is 10.0. The minimum Gasteiger partial charge on any atom is -0.453 e. The number of likely N-dealkylation sites (tertiary alicyclic amines) is 2. The van der Waals surface area contributed by atoms with Gasteiger partial charge in [0.25, 0.3) is 0 Å². The predicted molar refractivity (Wildman–Crippen MR) is 188 cm³/mol. The number of methoxy groups -OCH3 is 2. The van der Waals surface area contributed by atoms with Gasteiger partial charge < -0.3 is 43.8 Å². The number of carbonyl (C=O) groups excluding carboxylic acids is 3. The van der Waals surface area contributed by atoms with Gasteiger partial charge in [-0.05, 0) is 50.6 Å². The molecule has 4 unspecified atom stereocenters. The van der Waals surface area contributed by atoms with Gasteiger partial charge in [-0.1, -0.05) is 20.8 Å². The number of H-pyrrole nitrogens is 2. The van der Waals surface area contributed by atoms with E-state index in [1.807, 2.05) is 13.0 Å². The fourth-order valence-corrected chi connectivity index (χ4v) is 7.10. The molecule has 2 saturated heterocycles. The van der Waals surface area contributed by atoms with E-state index in [0.29, 0.717) is 70.7 Å². The number of fused-ring (bicyclic) bond motifs is 2. The number of aromatic nitrogens is 6. The van der Waals surface area contributed by atoms with Crippen molar-refractivity contribution in [2.24, 2.45) is 5.92 Å². The Balaban J connectivity index is 1.06. The molecule has 4 N–H and O–H groups in total. The van der Waals surface area contributed by atoms with Gasteiger partial charge in [0.1, 0.15) is 40.1 Å². The van der Waals surface area contributed by atoms with Crippen LogP contribution in [0.4, 0.5) is 9.59 Å². The summed E-state index contributed by atoms with van der Waals surface area (Å²) in [5.74, 6) is 2.24. The fraction of sp³-hybridized carbons (Fsp3) is 0.514. The lowest BCUT2D eigenvalue weighted by Gasteiger charge is -2.30. The molecular weight excluding hydrogens is 672 g/mol. The number of hydrogen-bond donors (Lipinski definition) is 4. The van der Waals surface area contributed by atoms with E-state index in [4.69, 9.17) is 33.3 Å². The Bertz CT molecular complexity index is 2010. The van der Waals surface area contributed by atoms with E-state index in [0.717, 1.165) is 38.1 Å². The van der Waals surface area contributed by atoms with Crippen molar-refractivity contribution in [3.05, 3.63) is 36.2 Å². The Kier molecular flexibility index (Phi) is 9.85. The van der Waals surface area contributed by atoms with Crippen molar-refractivity contribution in [3.63, 3.8) is 0 Å². The van der Waals surface area contributed by atoms with Crippen LogP contribution in [0.3, 0.4) is 0 Å². The molecule has 4 aromatic heterocycles. The summed E-state index contributed by atoms with van der Waals surface area (Å²) in [5, 5.41) is 5.58. The van der Waals surface area contributed by atoms with Gasteiger partial charge in [-0.2, -0.15) is 0 Å². The Labute approximate surface area is 299 Å². The molecular formula is C35H44N10O7. The number of nitrogens with one attached hydrogen (secondary N) is 4. The standard InChI is InChI=1S/C35H44N10O7/c1-6-19(42-34(47)49-4)33(46)45-12-8-10-26(45)30-37-16-23(39-30)32-41-21-13-20-27(14-28(21)52-32)51-31(40-20)22-15-36-29(38-22)25-9-7-11-44(25)17-24(18(2)3)43-35(48)50-5/h13-16,18-19,24-26H,6-12,17H2,1-5H3,(H,36,38)(H,37,39)(H,42,47)(H,43,48). The summed E-state index contributed by atoms with van der Waals surface area (Å²) in [6, 6.07) is 2.62. The molecule has 17 heteroatoms. The number of hydrogen-bond acceptors (Lipinski definition) is 12. The second-order valence-corrected chi connectivity index (χ2v) is 13.6. The zero-order valence-electron chi connectivity index (χ0n) is 29.9. The number of nitrogens with zero attached hydrogens (tertiary/aromatic N) is 6. The predicted octanol–water partition coefficient (Wildman–Crippen LogP) is 5.06. The van der Waals surface area contributed by atoms with Gasteiger partial charge in [0.05, 0.1) is 38.7 Å². The SMILES string of the molecule is CCC(NC(=O)OC)C(=O)N1CCCC1c1ncc(-c2nc3cc4nc(-c5cnc(C6CCCN6CC(NC(=O)OC)C(C)C)[nH]5)oc4cc3o2)[nH]1. The summed E-state index contributed by atoms with van der Waals surface area (Å²) >= 11 is 0. The smallest absolute Gasteiger partial charge is 0.407 e. The zero-order chi connectivity index (χ0) is 36.5. The van der Waals surface area contributed by atoms with Gasteiger partial charge in [0.2, 0.25) is 17.7 Å². The molecule has 1 aromatic carbocycles. The highest BCUT2D eigenvalue weighted by molar-refractivity contribution is 5.91. The van der Waals surface area contributed by atoms with Gasteiger partial charge in [-0.3, -0.25) is 9.69 Å². The number of imidazole rings is 2. The third-order valence-electron chi connectivity index (χ3n) is 9.99. The first-order valence-corrected chi connectivity index (χ1v) is 17.7. The molecule has 0 radical (unpaired) electrons. The quantitative estimate of drug-likeness (QED) is 0.141. The highest BCUT2D eigenvalue weighted by Gasteiger charge is 2.36. The number of aromatic amines is 2. The number of alkyl carbamates (subject to hydrolysis) is 2. The highest BCUT2D eigenvalue weighted by atomic mass is 16.5. The number of amides is 3. The minimum atomic E-state index is -0.689. The van der Waals surface area contributed by atoms with E-state index >= 15 is 0 Å². The summed E-state index contributed by atoms with van der Waals surface area (Å²) in [6.45, 7) is 8.14. The number of benzene rings is 1. The van der Waals surface area contributed by atoms with E-state index in [9.17, 15) is 14.4 Å². The van der Waals surface area contributed by atoms with Crippen LogP contribution in [0.5, 0.6) is 0 Å². The molecule has 6 heterocycles. The molecule has 0 bridgehead atoms. The molecule has 17 nitrogen and oxygen atoms in total. The molecule has 2 aliphatic rings. The third-order valence-corrected chi connectivity index (χ3v) is 9.99. The van der Waals surface area contributed by atoms with Crippen molar-refractivity contribution in [1.82, 2.24) is 50.3 Å². The van der Waals surface area contributed by atoms with Gasteiger partial charge in [0.15, 0.2) is 11.2 Å². The van der Waals surface area contributed by atoms with Crippen LogP contribution in [-0.2, 0) is 14.3 Å². The molecule has 0 spiro atoms. The summed E-state index contributed by atoms with van der Waals surface area (Å²) in [6.07, 6.45) is 6.24. The molecule has 276 valence electrons. The monoisotopic (exact) mass is 716 g/mol. The normalized spacial score (nSPS) is 19.1. The largest absolute Gasteiger partial charge is 0.453 e. The van der Waals surface area contributed by atoms with Crippen molar-refractivity contribution in [2.75, 3.05) is 33.9 Å². The zero-order valence-corrected chi connectivity index (χ0v) is 29.9. The van der Waals surface area contributed by atoms with E-state index in [1.54, 1.807) is 23.4 Å². The average Bonchev–Trinajstić information content (AvgIpc) is 3.99. The molecule has 2 fully saturated rings. The van der Waals surface area contributed by atoms with Crippen molar-refractivity contribution >= 4 is 40.3 Å². The first kappa shape index (κ1) is 35.0. The maximum absolute atomic E-state index is 13.3. The Morgan fingerprint density at radius 2 is 1.44 bits per heavy atom. The van der Waals surface area contributed by atoms with Crippen molar-refractivity contribution in [1.29, 1.82) is 0 Å². The molecule has 3 amide bonds. The Morgan fingerprint density at radius 3 is 2.04 bits per heavy atom. The van der Waals surface area contributed by atoms with E-state index in [-0.39, 0.29) is 30.0 Å².